The van der Waals surface area contributed by atoms with Gasteiger partial charge in [0.25, 0.3) is 0 Å². The molecule has 0 radical (unpaired) electrons. The first kappa shape index (κ1) is 28.2. The van der Waals surface area contributed by atoms with E-state index in [-0.39, 0.29) is 28.8 Å². The number of nitriles is 1. The smallest absolute Gasteiger partial charge is 0.243 e. The lowest BCUT2D eigenvalue weighted by atomic mass is 9.94. The maximum absolute atomic E-state index is 13.6. The number of ether oxygens (including phenoxy) is 1. The fourth-order valence-corrected chi connectivity index (χ4v) is 7.57. The maximum Gasteiger partial charge on any atom is 0.243 e. The summed E-state index contributed by atoms with van der Waals surface area (Å²) in [4.78, 5) is 17.6. The number of pyridine rings is 2. The lowest BCUT2D eigenvalue weighted by Crippen LogP contribution is -2.44. The molecule has 1 aliphatic rings. The highest BCUT2D eigenvalue weighted by Crippen LogP contribution is 2.34. The SMILES string of the molecule is C[C@@H]1CCN(S(=O)(=O)c2cccc(C#N)c2)C[C@@H]1n1ccc(=O)c2cnc3c(ccn3COCC[Si](C)(C)C)c21. The average molecular weight is 578 g/mol. The fraction of sp³-hybridized carbons (Fsp3) is 0.414. The van der Waals surface area contributed by atoms with Gasteiger partial charge in [-0.1, -0.05) is 32.6 Å². The molecule has 2 atom stereocenters. The second-order valence-corrected chi connectivity index (χ2v) is 19.4. The standard InChI is InChI=1S/C29H35N5O4SSi/c1-21-8-12-33(39(36,37)23-7-5-6-22(16-23)17-30)19-26(21)34-13-10-27(35)25-18-31-29-24(28(25)34)9-11-32(29)20-38-14-15-40(2,3)4/h5-7,9-11,13,16,18,21,26H,8,12,14-15,19-20H2,1-4H3/t21-,26+/m1/s1. The molecule has 210 valence electrons. The van der Waals surface area contributed by atoms with E-state index in [1.54, 1.807) is 24.5 Å². The molecule has 9 nitrogen and oxygen atoms in total. The zero-order chi connectivity index (χ0) is 28.7. The van der Waals surface area contributed by atoms with E-state index < -0.39 is 18.1 Å². The molecule has 40 heavy (non-hydrogen) atoms. The maximum atomic E-state index is 13.6. The number of hydrogen-bond acceptors (Lipinski definition) is 6. The van der Waals surface area contributed by atoms with Gasteiger partial charge in [-0.05, 0) is 42.6 Å². The van der Waals surface area contributed by atoms with Crippen LogP contribution in [0, 0.1) is 17.2 Å². The van der Waals surface area contributed by atoms with Gasteiger partial charge in [0.15, 0.2) is 5.43 Å². The molecule has 3 aromatic heterocycles. The van der Waals surface area contributed by atoms with Crippen LogP contribution < -0.4 is 5.43 Å². The summed E-state index contributed by atoms with van der Waals surface area (Å²) in [5, 5.41) is 10.6. The molecule has 1 aromatic carbocycles. The van der Waals surface area contributed by atoms with Crippen LogP contribution in [0.1, 0.15) is 24.9 Å². The van der Waals surface area contributed by atoms with E-state index in [9.17, 15) is 18.5 Å². The largest absolute Gasteiger partial charge is 0.361 e. The Hall–Kier alpha value is -3.30. The Kier molecular flexibility index (Phi) is 7.72. The summed E-state index contributed by atoms with van der Waals surface area (Å²) < 4.78 is 38.6. The van der Waals surface area contributed by atoms with Gasteiger partial charge in [-0.2, -0.15) is 9.57 Å². The minimum Gasteiger partial charge on any atom is -0.361 e. The number of hydrogen-bond donors (Lipinski definition) is 0. The topological polar surface area (TPSA) is 110 Å². The van der Waals surface area contributed by atoms with E-state index in [2.05, 4.69) is 36.1 Å². The van der Waals surface area contributed by atoms with Crippen LogP contribution in [0.3, 0.4) is 0 Å². The second kappa shape index (κ2) is 10.9. The van der Waals surface area contributed by atoms with Gasteiger partial charge >= 0.3 is 0 Å². The van der Waals surface area contributed by atoms with Crippen LogP contribution in [0.25, 0.3) is 21.9 Å². The van der Waals surface area contributed by atoms with Gasteiger partial charge in [0.1, 0.15) is 12.4 Å². The van der Waals surface area contributed by atoms with Crippen LogP contribution in [-0.2, 0) is 21.5 Å². The number of piperidine rings is 1. The van der Waals surface area contributed by atoms with Crippen molar-refractivity contribution < 1.29 is 13.2 Å². The summed E-state index contributed by atoms with van der Waals surface area (Å²) in [6.45, 7) is 10.8. The molecule has 1 saturated heterocycles. The van der Waals surface area contributed by atoms with Crippen molar-refractivity contribution in [1.82, 2.24) is 18.4 Å². The number of benzene rings is 1. The molecular weight excluding hydrogens is 543 g/mol. The van der Waals surface area contributed by atoms with Crippen molar-refractivity contribution in [2.24, 2.45) is 5.92 Å². The number of rotatable bonds is 8. The molecule has 5 rings (SSSR count). The highest BCUT2D eigenvalue weighted by atomic mass is 32.2. The molecule has 0 saturated carbocycles. The minimum atomic E-state index is -3.81. The summed E-state index contributed by atoms with van der Waals surface area (Å²) in [5.41, 5.74) is 1.65. The molecule has 0 bridgehead atoms. The second-order valence-electron chi connectivity index (χ2n) is 11.8. The van der Waals surface area contributed by atoms with Crippen LogP contribution >= 0.6 is 0 Å². The van der Waals surface area contributed by atoms with E-state index in [0.29, 0.717) is 37.3 Å². The van der Waals surface area contributed by atoms with E-state index in [4.69, 9.17) is 4.74 Å². The molecule has 0 aliphatic carbocycles. The summed E-state index contributed by atoms with van der Waals surface area (Å²) in [7, 11) is -5.01. The van der Waals surface area contributed by atoms with Crippen molar-refractivity contribution >= 4 is 40.0 Å². The Bertz CT molecular complexity index is 1770. The lowest BCUT2D eigenvalue weighted by molar-refractivity contribution is 0.0899. The van der Waals surface area contributed by atoms with Gasteiger partial charge in [0.2, 0.25) is 10.0 Å². The van der Waals surface area contributed by atoms with Crippen LogP contribution in [0.2, 0.25) is 25.7 Å². The third-order valence-corrected chi connectivity index (χ3v) is 11.3. The Morgan fingerprint density at radius 2 is 1.95 bits per heavy atom. The average Bonchev–Trinajstić information content (AvgIpc) is 3.34. The molecule has 1 aliphatic heterocycles. The van der Waals surface area contributed by atoms with Gasteiger partial charge < -0.3 is 13.9 Å². The van der Waals surface area contributed by atoms with E-state index in [0.717, 1.165) is 22.6 Å². The summed E-state index contributed by atoms with van der Waals surface area (Å²) in [5.74, 6) is 0.165. The van der Waals surface area contributed by atoms with Crippen molar-refractivity contribution in [3.63, 3.8) is 0 Å². The first-order valence-electron chi connectivity index (χ1n) is 13.6. The van der Waals surface area contributed by atoms with Crippen molar-refractivity contribution in [2.45, 2.75) is 56.7 Å². The van der Waals surface area contributed by atoms with Crippen LogP contribution in [-0.4, -0.2) is 54.6 Å². The predicted molar refractivity (Wildman–Crippen MR) is 158 cm³/mol. The minimum absolute atomic E-state index is 0.113. The molecule has 4 aromatic rings. The van der Waals surface area contributed by atoms with Crippen molar-refractivity contribution in [2.75, 3.05) is 19.7 Å². The zero-order valence-corrected chi connectivity index (χ0v) is 25.2. The fourth-order valence-electron chi connectivity index (χ4n) is 5.29. The molecule has 11 heteroatoms. The quantitative estimate of drug-likeness (QED) is 0.220. The first-order valence-corrected chi connectivity index (χ1v) is 18.7. The Labute approximate surface area is 235 Å². The normalized spacial score (nSPS) is 18.8. The molecule has 1 fully saturated rings. The Balaban J connectivity index is 1.51. The van der Waals surface area contributed by atoms with Crippen LogP contribution in [0.5, 0.6) is 0 Å². The summed E-state index contributed by atoms with van der Waals surface area (Å²) >= 11 is 0. The highest BCUT2D eigenvalue weighted by molar-refractivity contribution is 7.89. The van der Waals surface area contributed by atoms with Crippen molar-refractivity contribution in [3.05, 3.63) is 70.8 Å². The first-order chi connectivity index (χ1) is 19.0. The van der Waals surface area contributed by atoms with Crippen molar-refractivity contribution in [3.8, 4) is 6.07 Å². The van der Waals surface area contributed by atoms with E-state index in [1.165, 1.54) is 22.5 Å². The lowest BCUT2D eigenvalue weighted by Gasteiger charge is -2.38. The number of fused-ring (bicyclic) bond motifs is 3. The van der Waals surface area contributed by atoms with Crippen molar-refractivity contribution in [1.29, 1.82) is 5.26 Å². The van der Waals surface area contributed by atoms with Gasteiger partial charge in [-0.3, -0.25) is 4.79 Å². The van der Waals surface area contributed by atoms with E-state index in [1.807, 2.05) is 22.9 Å². The predicted octanol–water partition coefficient (Wildman–Crippen LogP) is 4.81. The van der Waals surface area contributed by atoms with Crippen LogP contribution in [0.4, 0.5) is 0 Å². The van der Waals surface area contributed by atoms with Crippen LogP contribution in [0.15, 0.2) is 64.7 Å². The third-order valence-electron chi connectivity index (χ3n) is 7.74. The van der Waals surface area contributed by atoms with Gasteiger partial charge in [-0.15, -0.1) is 0 Å². The third kappa shape index (κ3) is 5.49. The molecular formula is C29H35N5O4SSi. The molecule has 4 heterocycles. The number of aromatic nitrogens is 3. The molecule has 0 N–H and O–H groups in total. The summed E-state index contributed by atoms with van der Waals surface area (Å²) in [6, 6.07) is 12.5. The van der Waals surface area contributed by atoms with Gasteiger partial charge in [-0.25, -0.2) is 13.4 Å². The molecule has 0 spiro atoms. The molecule has 0 unspecified atom stereocenters. The van der Waals surface area contributed by atoms with Gasteiger partial charge in [0.05, 0.1) is 33.5 Å². The Morgan fingerprint density at radius 1 is 1.15 bits per heavy atom. The monoisotopic (exact) mass is 577 g/mol. The zero-order valence-electron chi connectivity index (χ0n) is 23.4. The van der Waals surface area contributed by atoms with Gasteiger partial charge in [0, 0.05) is 57.8 Å². The van der Waals surface area contributed by atoms with E-state index >= 15 is 0 Å². The summed E-state index contributed by atoms with van der Waals surface area (Å²) in [6.07, 6.45) is 5.98. The Morgan fingerprint density at radius 3 is 2.70 bits per heavy atom. The number of sulfonamides is 1. The number of nitrogens with zero attached hydrogens (tertiary/aromatic N) is 5. The highest BCUT2D eigenvalue weighted by Gasteiger charge is 2.35. The molecule has 0 amide bonds.